The molecule has 1 heterocycles. The Labute approximate surface area is 189 Å². The number of likely N-dealkylation sites (tertiary alicyclic amines) is 1. The molecule has 1 aliphatic rings. The van der Waals surface area contributed by atoms with Crippen LogP contribution < -0.4 is 15.4 Å². The van der Waals surface area contributed by atoms with E-state index in [1.54, 1.807) is 31.4 Å². The van der Waals surface area contributed by atoms with E-state index in [2.05, 4.69) is 10.6 Å². The number of amides is 3. The number of benzene rings is 2. The summed E-state index contributed by atoms with van der Waals surface area (Å²) in [6.07, 6.45) is 2.09. The average molecular weight is 438 g/mol. The van der Waals surface area contributed by atoms with Gasteiger partial charge in [-0.25, -0.2) is 0 Å². The van der Waals surface area contributed by atoms with E-state index < -0.39 is 6.04 Å². The van der Waals surface area contributed by atoms with E-state index in [1.807, 2.05) is 42.2 Å². The molecule has 1 saturated heterocycles. The van der Waals surface area contributed by atoms with Gasteiger partial charge >= 0.3 is 0 Å². The lowest BCUT2D eigenvalue weighted by molar-refractivity contribution is -0.124. The number of carbonyl (C=O) groups is 3. The first-order chi connectivity index (χ1) is 15.5. The van der Waals surface area contributed by atoms with Crippen molar-refractivity contribution < 1.29 is 19.1 Å². The minimum Gasteiger partial charge on any atom is -0.497 e. The van der Waals surface area contributed by atoms with Crippen molar-refractivity contribution in [2.75, 3.05) is 26.7 Å². The van der Waals surface area contributed by atoms with Gasteiger partial charge in [0.15, 0.2) is 0 Å². The SMILES string of the molecule is CCCNC(=O)C(NC(=O)c1cccc(OC)c1)C1CCN(C(=O)c2ccccc2)CC1. The number of carbonyl (C=O) groups excluding carboxylic acids is 3. The summed E-state index contributed by atoms with van der Waals surface area (Å²) in [4.78, 5) is 40.3. The second kappa shape index (κ2) is 11.3. The molecule has 0 spiro atoms. The summed E-state index contributed by atoms with van der Waals surface area (Å²) in [5, 5.41) is 5.84. The van der Waals surface area contributed by atoms with Crippen LogP contribution in [0.2, 0.25) is 0 Å². The van der Waals surface area contributed by atoms with Gasteiger partial charge in [0.25, 0.3) is 11.8 Å². The second-order valence-electron chi connectivity index (χ2n) is 7.97. The zero-order chi connectivity index (χ0) is 22.9. The van der Waals surface area contributed by atoms with Gasteiger partial charge in [-0.05, 0) is 55.5 Å². The van der Waals surface area contributed by atoms with Gasteiger partial charge in [0.05, 0.1) is 7.11 Å². The number of hydrogen-bond acceptors (Lipinski definition) is 4. The minimum absolute atomic E-state index is 0.00329. The van der Waals surface area contributed by atoms with Crippen molar-refractivity contribution in [1.82, 2.24) is 15.5 Å². The first kappa shape index (κ1) is 23.3. The molecule has 3 rings (SSSR count). The summed E-state index contributed by atoms with van der Waals surface area (Å²) in [6, 6.07) is 15.4. The minimum atomic E-state index is -0.658. The summed E-state index contributed by atoms with van der Waals surface area (Å²) in [6.45, 7) is 3.63. The Morgan fingerprint density at radius 1 is 1.03 bits per heavy atom. The lowest BCUT2D eigenvalue weighted by atomic mass is 9.88. The zero-order valence-corrected chi connectivity index (χ0v) is 18.7. The number of methoxy groups -OCH3 is 1. The molecule has 2 aromatic carbocycles. The van der Waals surface area contributed by atoms with Gasteiger partial charge in [0.2, 0.25) is 5.91 Å². The number of nitrogens with zero attached hydrogens (tertiary/aromatic N) is 1. The molecule has 0 radical (unpaired) electrons. The monoisotopic (exact) mass is 437 g/mol. The van der Waals surface area contributed by atoms with Crippen LogP contribution in [0.1, 0.15) is 46.9 Å². The van der Waals surface area contributed by atoms with Crippen LogP contribution in [-0.4, -0.2) is 55.4 Å². The highest BCUT2D eigenvalue weighted by molar-refractivity contribution is 5.98. The third-order valence-electron chi connectivity index (χ3n) is 5.77. The van der Waals surface area contributed by atoms with Crippen LogP contribution in [0.15, 0.2) is 54.6 Å². The van der Waals surface area contributed by atoms with Gasteiger partial charge in [-0.2, -0.15) is 0 Å². The largest absolute Gasteiger partial charge is 0.497 e. The van der Waals surface area contributed by atoms with Crippen molar-refractivity contribution in [2.24, 2.45) is 5.92 Å². The van der Waals surface area contributed by atoms with Crippen LogP contribution in [0.4, 0.5) is 0 Å². The number of nitrogens with one attached hydrogen (secondary N) is 2. The Bertz CT molecular complexity index is 924. The van der Waals surface area contributed by atoms with Crippen molar-refractivity contribution in [3.63, 3.8) is 0 Å². The van der Waals surface area contributed by atoms with Crippen molar-refractivity contribution in [1.29, 1.82) is 0 Å². The number of piperidine rings is 1. The Kier molecular flexibility index (Phi) is 8.25. The van der Waals surface area contributed by atoms with Crippen molar-refractivity contribution in [3.8, 4) is 5.75 Å². The highest BCUT2D eigenvalue weighted by Crippen LogP contribution is 2.23. The predicted octanol–water partition coefficient (Wildman–Crippen LogP) is 2.87. The van der Waals surface area contributed by atoms with E-state index in [0.717, 1.165) is 6.42 Å². The van der Waals surface area contributed by atoms with Crippen molar-refractivity contribution >= 4 is 17.7 Å². The van der Waals surface area contributed by atoms with E-state index >= 15 is 0 Å². The molecule has 3 amide bonds. The van der Waals surface area contributed by atoms with Crippen LogP contribution >= 0.6 is 0 Å². The van der Waals surface area contributed by atoms with Gasteiger partial charge in [-0.3, -0.25) is 14.4 Å². The van der Waals surface area contributed by atoms with E-state index in [0.29, 0.717) is 49.4 Å². The van der Waals surface area contributed by atoms with Crippen molar-refractivity contribution in [3.05, 3.63) is 65.7 Å². The molecule has 0 aromatic heterocycles. The van der Waals surface area contributed by atoms with Gasteiger partial charge < -0.3 is 20.3 Å². The molecule has 1 aliphatic heterocycles. The maximum absolute atomic E-state index is 12.9. The lowest BCUT2D eigenvalue weighted by Gasteiger charge is -2.36. The molecule has 7 heteroatoms. The Morgan fingerprint density at radius 3 is 2.38 bits per heavy atom. The normalized spacial score (nSPS) is 15.0. The Morgan fingerprint density at radius 2 is 1.72 bits per heavy atom. The number of rotatable bonds is 8. The molecule has 1 atom stereocenters. The quantitative estimate of drug-likeness (QED) is 0.665. The summed E-state index contributed by atoms with van der Waals surface area (Å²) < 4.78 is 5.20. The highest BCUT2D eigenvalue weighted by atomic mass is 16.5. The molecule has 7 nitrogen and oxygen atoms in total. The fourth-order valence-electron chi connectivity index (χ4n) is 3.94. The molecule has 170 valence electrons. The standard InChI is InChI=1S/C25H31N3O4/c1-3-14-26-24(30)22(27-23(29)20-10-7-11-21(17-20)32-2)18-12-15-28(16-13-18)25(31)19-8-5-4-6-9-19/h4-11,17-18,22H,3,12-16H2,1-2H3,(H,26,30)(H,27,29). The smallest absolute Gasteiger partial charge is 0.253 e. The summed E-state index contributed by atoms with van der Waals surface area (Å²) in [5.74, 6) is 0.0225. The third-order valence-corrected chi connectivity index (χ3v) is 5.77. The molecule has 1 unspecified atom stereocenters. The van der Waals surface area contributed by atoms with E-state index in [1.165, 1.54) is 0 Å². The maximum Gasteiger partial charge on any atom is 0.253 e. The fraction of sp³-hybridized carbons (Fsp3) is 0.400. The second-order valence-corrected chi connectivity index (χ2v) is 7.97. The van der Waals surface area contributed by atoms with Gasteiger partial charge in [-0.15, -0.1) is 0 Å². The molecule has 0 bridgehead atoms. The zero-order valence-electron chi connectivity index (χ0n) is 18.7. The number of ether oxygens (including phenoxy) is 1. The molecule has 0 aliphatic carbocycles. The fourth-order valence-corrected chi connectivity index (χ4v) is 3.94. The van der Waals surface area contributed by atoms with E-state index in [9.17, 15) is 14.4 Å². The van der Waals surface area contributed by atoms with Gasteiger partial charge in [0.1, 0.15) is 11.8 Å². The van der Waals surface area contributed by atoms with Crippen LogP contribution in [0.5, 0.6) is 5.75 Å². The molecular weight excluding hydrogens is 406 g/mol. The Balaban J connectivity index is 1.68. The molecule has 32 heavy (non-hydrogen) atoms. The van der Waals surface area contributed by atoms with E-state index in [-0.39, 0.29) is 23.6 Å². The highest BCUT2D eigenvalue weighted by Gasteiger charge is 2.34. The summed E-state index contributed by atoms with van der Waals surface area (Å²) in [5.41, 5.74) is 1.10. The first-order valence-electron chi connectivity index (χ1n) is 11.1. The first-order valence-corrected chi connectivity index (χ1v) is 11.1. The molecule has 1 fully saturated rings. The molecule has 0 saturated carbocycles. The summed E-state index contributed by atoms with van der Waals surface area (Å²) >= 11 is 0. The van der Waals surface area contributed by atoms with Crippen LogP contribution in [0.3, 0.4) is 0 Å². The van der Waals surface area contributed by atoms with Crippen molar-refractivity contribution in [2.45, 2.75) is 32.2 Å². The molecular formula is C25H31N3O4. The van der Waals surface area contributed by atoms with Crippen LogP contribution in [0.25, 0.3) is 0 Å². The van der Waals surface area contributed by atoms with Crippen LogP contribution in [0, 0.1) is 5.92 Å². The van der Waals surface area contributed by atoms with Gasteiger partial charge in [-0.1, -0.05) is 31.2 Å². The average Bonchev–Trinajstić information content (AvgIpc) is 2.86. The van der Waals surface area contributed by atoms with Gasteiger partial charge in [0, 0.05) is 30.8 Å². The lowest BCUT2D eigenvalue weighted by Crippen LogP contribution is -2.54. The van der Waals surface area contributed by atoms with Crippen LogP contribution in [-0.2, 0) is 4.79 Å². The maximum atomic E-state index is 12.9. The summed E-state index contributed by atoms with van der Waals surface area (Å²) in [7, 11) is 1.54. The van der Waals surface area contributed by atoms with E-state index in [4.69, 9.17) is 4.74 Å². The molecule has 2 aromatic rings. The third kappa shape index (κ3) is 5.87. The molecule has 2 N–H and O–H groups in total. The topological polar surface area (TPSA) is 87.7 Å². The number of hydrogen-bond donors (Lipinski definition) is 2. The Hall–Kier alpha value is -3.35. The predicted molar refractivity (Wildman–Crippen MR) is 123 cm³/mol.